The zero-order chi connectivity index (χ0) is 21.7. The van der Waals surface area contributed by atoms with Gasteiger partial charge < -0.3 is 14.8 Å². The van der Waals surface area contributed by atoms with E-state index in [0.29, 0.717) is 47.2 Å². The number of alkyl halides is 3. The molecule has 31 heavy (non-hydrogen) atoms. The third kappa shape index (κ3) is 3.58. The predicted octanol–water partition coefficient (Wildman–Crippen LogP) is 2.78. The van der Waals surface area contributed by atoms with Crippen LogP contribution in [-0.2, 0) is 6.54 Å². The second-order valence-electron chi connectivity index (χ2n) is 7.83. The standard InChI is InChI=1S/C20H21F3N8/c1-11-25-15-4-3-14(26-19(15)30(11)10-18(22)23)12-5-6-31-17(12)7-24-20(28-31)27-16-9-29(2)8-13(16)21/h3-7,13,16,18H,8-10H2,1-2H3,(H,27,28)/t13-,16-/m1/s1. The SMILES string of the molecule is Cc1nc2ccc(-c3ccn4nc(N[C@@H]5CN(C)C[C@H]5F)ncc34)nc2n1CC(F)F. The first-order chi connectivity index (χ1) is 14.9. The van der Waals surface area contributed by atoms with Crippen molar-refractivity contribution in [1.82, 2.24) is 34.0 Å². The zero-order valence-corrected chi connectivity index (χ0v) is 17.0. The highest BCUT2D eigenvalue weighted by atomic mass is 19.3. The summed E-state index contributed by atoms with van der Waals surface area (Å²) in [6, 6.07) is 5.04. The highest BCUT2D eigenvalue weighted by Crippen LogP contribution is 2.27. The molecule has 1 saturated heterocycles. The van der Waals surface area contributed by atoms with E-state index in [1.54, 1.807) is 36.0 Å². The molecule has 4 aromatic rings. The van der Waals surface area contributed by atoms with Gasteiger partial charge in [-0.15, -0.1) is 5.10 Å². The third-order valence-corrected chi connectivity index (χ3v) is 5.54. The van der Waals surface area contributed by atoms with Crippen LogP contribution < -0.4 is 5.32 Å². The van der Waals surface area contributed by atoms with E-state index < -0.39 is 19.1 Å². The van der Waals surface area contributed by atoms with E-state index in [1.807, 2.05) is 18.0 Å². The summed E-state index contributed by atoms with van der Waals surface area (Å²) in [7, 11) is 1.87. The molecule has 0 aliphatic carbocycles. The number of nitrogens with one attached hydrogen (secondary N) is 1. The van der Waals surface area contributed by atoms with E-state index in [-0.39, 0.29) is 6.04 Å². The summed E-state index contributed by atoms with van der Waals surface area (Å²) in [4.78, 5) is 15.2. The van der Waals surface area contributed by atoms with E-state index in [0.717, 1.165) is 5.56 Å². The van der Waals surface area contributed by atoms with Gasteiger partial charge in [0.2, 0.25) is 5.95 Å². The zero-order valence-electron chi connectivity index (χ0n) is 17.0. The molecule has 8 nitrogen and oxygen atoms in total. The molecule has 4 aromatic heterocycles. The Morgan fingerprint density at radius 2 is 2.03 bits per heavy atom. The number of imidazole rings is 1. The first kappa shape index (κ1) is 19.7. The van der Waals surface area contributed by atoms with Crippen LogP contribution in [0.4, 0.5) is 19.1 Å². The van der Waals surface area contributed by atoms with Crippen LogP contribution >= 0.6 is 0 Å². The smallest absolute Gasteiger partial charge is 0.256 e. The molecule has 0 saturated carbocycles. The fraction of sp³-hybridized carbons (Fsp3) is 0.400. The quantitative estimate of drug-likeness (QED) is 0.525. The van der Waals surface area contributed by atoms with Crippen molar-refractivity contribution in [3.8, 4) is 11.3 Å². The first-order valence-electron chi connectivity index (χ1n) is 9.95. The van der Waals surface area contributed by atoms with Crippen LogP contribution in [0.3, 0.4) is 0 Å². The maximum absolute atomic E-state index is 14.1. The van der Waals surface area contributed by atoms with Gasteiger partial charge in [0.25, 0.3) is 6.43 Å². The Labute approximate surface area is 175 Å². The Morgan fingerprint density at radius 1 is 1.19 bits per heavy atom. The van der Waals surface area contributed by atoms with E-state index in [4.69, 9.17) is 0 Å². The van der Waals surface area contributed by atoms with E-state index in [9.17, 15) is 13.2 Å². The Hall–Kier alpha value is -3.21. The lowest BCUT2D eigenvalue weighted by atomic mass is 10.2. The lowest BCUT2D eigenvalue weighted by molar-refractivity contribution is 0.127. The highest BCUT2D eigenvalue weighted by Gasteiger charge is 2.31. The minimum atomic E-state index is -2.50. The lowest BCUT2D eigenvalue weighted by Crippen LogP contribution is -2.30. The van der Waals surface area contributed by atoms with Gasteiger partial charge in [0.15, 0.2) is 5.65 Å². The van der Waals surface area contributed by atoms with Gasteiger partial charge in [0.05, 0.1) is 30.0 Å². The van der Waals surface area contributed by atoms with Crippen LogP contribution in [-0.4, -0.2) is 72.8 Å². The Bertz CT molecular complexity index is 1250. The van der Waals surface area contributed by atoms with Crippen LogP contribution in [0.5, 0.6) is 0 Å². The number of likely N-dealkylation sites (tertiary alicyclic amines) is 1. The van der Waals surface area contributed by atoms with Crippen molar-refractivity contribution >= 4 is 22.6 Å². The summed E-state index contributed by atoms with van der Waals surface area (Å²) in [5, 5.41) is 7.49. The van der Waals surface area contributed by atoms with E-state index in [2.05, 4.69) is 25.4 Å². The molecule has 1 N–H and O–H groups in total. The van der Waals surface area contributed by atoms with Crippen molar-refractivity contribution in [3.63, 3.8) is 0 Å². The van der Waals surface area contributed by atoms with Crippen LogP contribution in [0.15, 0.2) is 30.6 Å². The van der Waals surface area contributed by atoms with Crippen LogP contribution in [0, 0.1) is 6.92 Å². The van der Waals surface area contributed by atoms with Gasteiger partial charge in [-0.1, -0.05) is 0 Å². The number of fused-ring (bicyclic) bond motifs is 2. The number of nitrogens with zero attached hydrogens (tertiary/aromatic N) is 7. The van der Waals surface area contributed by atoms with Crippen molar-refractivity contribution < 1.29 is 13.2 Å². The molecule has 0 spiro atoms. The van der Waals surface area contributed by atoms with Gasteiger partial charge in [-0.2, -0.15) is 0 Å². The topological polar surface area (TPSA) is 76.2 Å². The largest absolute Gasteiger partial charge is 0.346 e. The Morgan fingerprint density at radius 3 is 2.77 bits per heavy atom. The van der Waals surface area contributed by atoms with E-state index in [1.165, 1.54) is 4.57 Å². The molecular formula is C20H21F3N8. The van der Waals surface area contributed by atoms with Gasteiger partial charge in [-0.05, 0) is 32.2 Å². The number of likely N-dealkylation sites (N-methyl/N-ethyl adjacent to an activating group) is 1. The van der Waals surface area contributed by atoms with Gasteiger partial charge >= 0.3 is 0 Å². The third-order valence-electron chi connectivity index (χ3n) is 5.54. The van der Waals surface area contributed by atoms with Crippen LogP contribution in [0.25, 0.3) is 27.9 Å². The second kappa shape index (κ2) is 7.49. The molecule has 0 bridgehead atoms. The summed E-state index contributed by atoms with van der Waals surface area (Å²) in [5.41, 5.74) is 3.05. The number of pyridine rings is 1. The molecular weight excluding hydrogens is 409 g/mol. The molecule has 2 atom stereocenters. The highest BCUT2D eigenvalue weighted by molar-refractivity contribution is 5.82. The van der Waals surface area contributed by atoms with Crippen molar-refractivity contribution in [2.45, 2.75) is 32.1 Å². The minimum absolute atomic E-state index is 0.339. The summed E-state index contributed by atoms with van der Waals surface area (Å²) in [6.07, 6.45) is -0.0788. The van der Waals surface area contributed by atoms with Crippen molar-refractivity contribution in [2.75, 3.05) is 25.5 Å². The summed E-state index contributed by atoms with van der Waals surface area (Å²) in [6.45, 7) is 2.18. The van der Waals surface area contributed by atoms with Crippen molar-refractivity contribution in [1.29, 1.82) is 0 Å². The molecule has 11 heteroatoms. The van der Waals surface area contributed by atoms with Crippen molar-refractivity contribution in [2.24, 2.45) is 0 Å². The number of hydrogen-bond donors (Lipinski definition) is 1. The average Bonchev–Trinajstić information content (AvgIpc) is 3.37. The maximum atomic E-state index is 14.1. The van der Waals surface area contributed by atoms with Gasteiger partial charge in [0.1, 0.15) is 17.5 Å². The van der Waals surface area contributed by atoms with Crippen LogP contribution in [0.2, 0.25) is 0 Å². The summed E-state index contributed by atoms with van der Waals surface area (Å²) < 4.78 is 43.1. The first-order valence-corrected chi connectivity index (χ1v) is 9.95. The number of aromatic nitrogens is 6. The normalized spacial score (nSPS) is 19.8. The summed E-state index contributed by atoms with van der Waals surface area (Å²) in [5.74, 6) is 0.830. The molecule has 0 aromatic carbocycles. The maximum Gasteiger partial charge on any atom is 0.256 e. The average molecular weight is 430 g/mol. The molecule has 1 aliphatic rings. The van der Waals surface area contributed by atoms with Crippen LogP contribution in [0.1, 0.15) is 5.82 Å². The number of aryl methyl sites for hydroxylation is 1. The second-order valence-corrected chi connectivity index (χ2v) is 7.83. The monoisotopic (exact) mass is 430 g/mol. The van der Waals surface area contributed by atoms with E-state index >= 15 is 0 Å². The molecule has 0 amide bonds. The number of anilines is 1. The lowest BCUT2D eigenvalue weighted by Gasteiger charge is -2.14. The van der Waals surface area contributed by atoms with Gasteiger partial charge in [0, 0.05) is 24.8 Å². The molecule has 162 valence electrons. The fourth-order valence-corrected chi connectivity index (χ4v) is 4.06. The number of halogens is 3. The Balaban J connectivity index is 1.48. The molecule has 0 unspecified atom stereocenters. The minimum Gasteiger partial charge on any atom is -0.346 e. The molecule has 5 rings (SSSR count). The van der Waals surface area contributed by atoms with Gasteiger partial charge in [-0.3, -0.25) is 0 Å². The number of hydrogen-bond acceptors (Lipinski definition) is 6. The molecule has 1 aliphatic heterocycles. The fourth-order valence-electron chi connectivity index (χ4n) is 4.06. The molecule has 5 heterocycles. The molecule has 1 fully saturated rings. The number of rotatable bonds is 5. The predicted molar refractivity (Wildman–Crippen MR) is 110 cm³/mol. The molecule has 0 radical (unpaired) electrons. The van der Waals surface area contributed by atoms with Gasteiger partial charge in [-0.25, -0.2) is 32.6 Å². The summed E-state index contributed by atoms with van der Waals surface area (Å²) >= 11 is 0. The van der Waals surface area contributed by atoms with Crippen molar-refractivity contribution in [3.05, 3.63) is 36.4 Å². The Kier molecular flexibility index (Phi) is 4.77.